The number of hydrogen-bond donors (Lipinski definition) is 2. The van der Waals surface area contributed by atoms with Crippen LogP contribution in [0.15, 0.2) is 18.7 Å². The number of rotatable bonds is 5. The van der Waals surface area contributed by atoms with Gasteiger partial charge in [0.25, 0.3) is 0 Å². The third-order valence-corrected chi connectivity index (χ3v) is 3.96. The number of hydrogen-bond acceptors (Lipinski definition) is 3. The molecule has 1 saturated heterocycles. The molecule has 1 aliphatic heterocycles. The first-order valence-electron chi connectivity index (χ1n) is 7.30. The molecule has 2 heterocycles. The molecule has 2 amide bonds. The number of carbonyl (C=O) groups is 2. The van der Waals surface area contributed by atoms with E-state index in [0.717, 1.165) is 13.0 Å². The second kappa shape index (κ2) is 7.10. The molecule has 1 aromatic heterocycles. The van der Waals surface area contributed by atoms with Crippen molar-refractivity contribution >= 4 is 12.0 Å². The molecule has 7 nitrogen and oxygen atoms in total. The zero-order valence-electron chi connectivity index (χ0n) is 12.2. The maximum absolute atomic E-state index is 12.1. The van der Waals surface area contributed by atoms with Crippen LogP contribution in [-0.2, 0) is 4.79 Å². The lowest BCUT2D eigenvalue weighted by Gasteiger charge is -2.37. The molecule has 0 aromatic carbocycles. The second-order valence-corrected chi connectivity index (χ2v) is 5.52. The Morgan fingerprint density at radius 2 is 2.29 bits per heavy atom. The molecule has 2 atom stereocenters. The van der Waals surface area contributed by atoms with Gasteiger partial charge in [-0.3, -0.25) is 4.79 Å². The van der Waals surface area contributed by atoms with Gasteiger partial charge in [0.1, 0.15) is 0 Å². The van der Waals surface area contributed by atoms with Crippen molar-refractivity contribution in [1.82, 2.24) is 19.8 Å². The summed E-state index contributed by atoms with van der Waals surface area (Å²) < 4.78 is 2.05. The molecule has 7 heteroatoms. The number of likely N-dealkylation sites (tertiary alicyclic amines) is 1. The highest BCUT2D eigenvalue weighted by molar-refractivity contribution is 5.74. The van der Waals surface area contributed by atoms with E-state index in [1.807, 2.05) is 6.20 Å². The van der Waals surface area contributed by atoms with Crippen LogP contribution >= 0.6 is 0 Å². The maximum Gasteiger partial charge on any atom is 0.317 e. The number of urea groups is 1. The number of carboxylic acid groups (broad SMARTS) is 1. The number of imidazole rings is 1. The van der Waals surface area contributed by atoms with Crippen LogP contribution in [-0.4, -0.2) is 51.2 Å². The number of aromatic nitrogens is 2. The van der Waals surface area contributed by atoms with E-state index in [1.54, 1.807) is 17.4 Å². The molecule has 2 unspecified atom stereocenters. The van der Waals surface area contributed by atoms with E-state index in [2.05, 4.69) is 21.8 Å². The van der Waals surface area contributed by atoms with Crippen LogP contribution in [0.4, 0.5) is 4.79 Å². The fourth-order valence-corrected chi connectivity index (χ4v) is 2.63. The average molecular weight is 294 g/mol. The molecule has 0 bridgehead atoms. The predicted octanol–water partition coefficient (Wildman–Crippen LogP) is 1.34. The first-order chi connectivity index (χ1) is 10.1. The summed E-state index contributed by atoms with van der Waals surface area (Å²) in [4.78, 5) is 28.4. The summed E-state index contributed by atoms with van der Waals surface area (Å²) in [7, 11) is 0. The van der Waals surface area contributed by atoms with Gasteiger partial charge in [-0.15, -0.1) is 0 Å². The molecule has 2 rings (SSSR count). The van der Waals surface area contributed by atoms with Crippen LogP contribution in [0.1, 0.15) is 32.2 Å². The van der Waals surface area contributed by atoms with E-state index in [1.165, 1.54) is 0 Å². The smallest absolute Gasteiger partial charge is 0.317 e. The molecule has 1 aromatic rings. The summed E-state index contributed by atoms with van der Waals surface area (Å²) in [6.45, 7) is 3.97. The standard InChI is InChI=1S/C14H22N4O3/c1-11-4-7-17(9-12(11)18-8-6-15-10-18)14(21)16-5-2-3-13(19)20/h6,8,10-12H,2-5,7,9H2,1H3,(H,16,21)(H,19,20). The fraction of sp³-hybridized carbons (Fsp3) is 0.643. The first kappa shape index (κ1) is 15.3. The lowest BCUT2D eigenvalue weighted by molar-refractivity contribution is -0.137. The number of carboxylic acids is 1. The van der Waals surface area contributed by atoms with Crippen molar-refractivity contribution in [2.24, 2.45) is 5.92 Å². The summed E-state index contributed by atoms with van der Waals surface area (Å²) in [6.07, 6.45) is 6.94. The number of nitrogens with zero attached hydrogens (tertiary/aromatic N) is 3. The Hall–Kier alpha value is -2.05. The van der Waals surface area contributed by atoms with Crippen molar-refractivity contribution in [1.29, 1.82) is 0 Å². The van der Waals surface area contributed by atoms with E-state index >= 15 is 0 Å². The van der Waals surface area contributed by atoms with Crippen molar-refractivity contribution in [3.63, 3.8) is 0 Å². The van der Waals surface area contributed by atoms with E-state index in [9.17, 15) is 9.59 Å². The van der Waals surface area contributed by atoms with Gasteiger partial charge in [-0.1, -0.05) is 6.92 Å². The van der Waals surface area contributed by atoms with Crippen LogP contribution in [0.5, 0.6) is 0 Å². The minimum atomic E-state index is -0.837. The zero-order chi connectivity index (χ0) is 15.2. The Kier molecular flexibility index (Phi) is 5.19. The molecular formula is C14H22N4O3. The van der Waals surface area contributed by atoms with Crippen molar-refractivity contribution < 1.29 is 14.7 Å². The van der Waals surface area contributed by atoms with E-state index < -0.39 is 5.97 Å². The Morgan fingerprint density at radius 3 is 2.95 bits per heavy atom. The molecule has 116 valence electrons. The number of aliphatic carboxylic acids is 1. The zero-order valence-corrected chi connectivity index (χ0v) is 12.2. The highest BCUT2D eigenvalue weighted by Gasteiger charge is 2.29. The molecular weight excluding hydrogens is 272 g/mol. The van der Waals surface area contributed by atoms with E-state index in [-0.39, 0.29) is 18.5 Å². The molecule has 0 radical (unpaired) electrons. The van der Waals surface area contributed by atoms with Crippen LogP contribution < -0.4 is 5.32 Å². The molecule has 1 fully saturated rings. The van der Waals surface area contributed by atoms with Crippen LogP contribution in [0, 0.1) is 5.92 Å². The molecule has 0 aliphatic carbocycles. The summed E-state index contributed by atoms with van der Waals surface area (Å²) in [5.74, 6) is -0.341. The van der Waals surface area contributed by atoms with Crippen LogP contribution in [0.2, 0.25) is 0 Å². The maximum atomic E-state index is 12.1. The van der Waals surface area contributed by atoms with Crippen molar-refractivity contribution in [3.05, 3.63) is 18.7 Å². The Morgan fingerprint density at radius 1 is 1.48 bits per heavy atom. The Balaban J connectivity index is 1.83. The van der Waals surface area contributed by atoms with Gasteiger partial charge in [0, 0.05) is 38.4 Å². The SMILES string of the molecule is CC1CCN(C(=O)NCCCC(=O)O)CC1n1ccnc1. The van der Waals surface area contributed by atoms with Gasteiger partial charge in [0.15, 0.2) is 0 Å². The number of amides is 2. The normalized spacial score (nSPS) is 22.0. The summed E-state index contributed by atoms with van der Waals surface area (Å²) in [5, 5.41) is 11.4. The topological polar surface area (TPSA) is 87.5 Å². The minimum Gasteiger partial charge on any atom is -0.481 e. The lowest BCUT2D eigenvalue weighted by atomic mass is 9.93. The quantitative estimate of drug-likeness (QED) is 0.802. The van der Waals surface area contributed by atoms with E-state index in [0.29, 0.717) is 25.4 Å². The van der Waals surface area contributed by atoms with Crippen LogP contribution in [0.25, 0.3) is 0 Å². The van der Waals surface area contributed by atoms with Gasteiger partial charge >= 0.3 is 12.0 Å². The fourth-order valence-electron chi connectivity index (χ4n) is 2.63. The van der Waals surface area contributed by atoms with Gasteiger partial charge in [-0.05, 0) is 18.8 Å². The van der Waals surface area contributed by atoms with Gasteiger partial charge in [-0.25, -0.2) is 9.78 Å². The predicted molar refractivity (Wildman–Crippen MR) is 76.9 cm³/mol. The van der Waals surface area contributed by atoms with Gasteiger partial charge in [0.2, 0.25) is 0 Å². The third kappa shape index (κ3) is 4.21. The van der Waals surface area contributed by atoms with Gasteiger partial charge in [-0.2, -0.15) is 0 Å². The molecule has 0 spiro atoms. The molecule has 0 saturated carbocycles. The van der Waals surface area contributed by atoms with Crippen molar-refractivity contribution in [2.75, 3.05) is 19.6 Å². The minimum absolute atomic E-state index is 0.0783. The third-order valence-electron chi connectivity index (χ3n) is 3.96. The van der Waals surface area contributed by atoms with E-state index in [4.69, 9.17) is 5.11 Å². The largest absolute Gasteiger partial charge is 0.481 e. The Bertz CT molecular complexity index is 475. The number of carbonyl (C=O) groups excluding carboxylic acids is 1. The molecule has 1 aliphatic rings. The Labute approximate surface area is 124 Å². The molecule has 2 N–H and O–H groups in total. The van der Waals surface area contributed by atoms with Crippen LogP contribution in [0.3, 0.4) is 0 Å². The van der Waals surface area contributed by atoms with Gasteiger partial charge < -0.3 is 19.9 Å². The summed E-state index contributed by atoms with van der Waals surface area (Å²) in [6, 6.07) is 0.128. The number of nitrogens with one attached hydrogen (secondary N) is 1. The summed E-state index contributed by atoms with van der Waals surface area (Å²) in [5.41, 5.74) is 0. The second-order valence-electron chi connectivity index (χ2n) is 5.52. The number of piperidine rings is 1. The van der Waals surface area contributed by atoms with Crippen molar-refractivity contribution in [2.45, 2.75) is 32.2 Å². The first-order valence-corrected chi connectivity index (χ1v) is 7.30. The average Bonchev–Trinajstić information content (AvgIpc) is 2.97. The van der Waals surface area contributed by atoms with Gasteiger partial charge in [0.05, 0.1) is 12.4 Å². The highest BCUT2D eigenvalue weighted by atomic mass is 16.4. The lowest BCUT2D eigenvalue weighted by Crippen LogP contribution is -2.48. The highest BCUT2D eigenvalue weighted by Crippen LogP contribution is 2.27. The summed E-state index contributed by atoms with van der Waals surface area (Å²) >= 11 is 0. The monoisotopic (exact) mass is 294 g/mol. The molecule has 21 heavy (non-hydrogen) atoms. The van der Waals surface area contributed by atoms with Crippen molar-refractivity contribution in [3.8, 4) is 0 Å².